The lowest BCUT2D eigenvalue weighted by Crippen LogP contribution is -2.40. The van der Waals surface area contributed by atoms with Crippen molar-refractivity contribution >= 4 is 23.7 Å². The number of carbonyl (C=O) groups is 4. The van der Waals surface area contributed by atoms with Gasteiger partial charge in [-0.15, -0.1) is 5.06 Å². The van der Waals surface area contributed by atoms with Gasteiger partial charge in [0.25, 0.3) is 11.8 Å². The molecule has 2 heterocycles. The van der Waals surface area contributed by atoms with Crippen LogP contribution in [0.4, 0.5) is 0 Å². The molecule has 0 N–H and O–H groups in total. The second-order valence-electron chi connectivity index (χ2n) is 5.29. The molecule has 2 aliphatic rings. The van der Waals surface area contributed by atoms with Crippen LogP contribution >= 0.6 is 0 Å². The molecule has 0 aromatic carbocycles. The maximum atomic E-state index is 11.9. The van der Waals surface area contributed by atoms with Gasteiger partial charge in [-0.25, -0.2) is 4.79 Å². The summed E-state index contributed by atoms with van der Waals surface area (Å²) < 4.78 is 0. The van der Waals surface area contributed by atoms with Gasteiger partial charge in [0, 0.05) is 25.9 Å². The molecule has 7 nitrogen and oxygen atoms in total. The van der Waals surface area contributed by atoms with Crippen LogP contribution in [0.25, 0.3) is 0 Å². The highest BCUT2D eigenvalue weighted by Gasteiger charge is 2.33. The number of hydrogen-bond acceptors (Lipinski definition) is 5. The van der Waals surface area contributed by atoms with E-state index >= 15 is 0 Å². The van der Waals surface area contributed by atoms with E-state index in [-0.39, 0.29) is 18.7 Å². The summed E-state index contributed by atoms with van der Waals surface area (Å²) in [6.07, 6.45) is 1.49. The fourth-order valence-corrected chi connectivity index (χ4v) is 2.29. The van der Waals surface area contributed by atoms with Crippen LogP contribution in [0, 0.1) is 5.92 Å². The van der Waals surface area contributed by atoms with E-state index in [0.717, 1.165) is 12.8 Å². The van der Waals surface area contributed by atoms with Crippen LogP contribution in [0.3, 0.4) is 0 Å². The second kappa shape index (κ2) is 8.51. The summed E-state index contributed by atoms with van der Waals surface area (Å²) in [5.74, 6) is -1.67. The third-order valence-electron chi connectivity index (χ3n) is 3.63. The highest BCUT2D eigenvalue weighted by Crippen LogP contribution is 2.17. The van der Waals surface area contributed by atoms with Gasteiger partial charge in [-0.3, -0.25) is 14.4 Å². The first-order valence-corrected chi connectivity index (χ1v) is 7.81. The zero-order chi connectivity index (χ0) is 16.7. The number of carbonyl (C=O) groups excluding carboxylic acids is 4. The number of nitrogens with zero attached hydrogens (tertiary/aromatic N) is 2. The van der Waals surface area contributed by atoms with Gasteiger partial charge < -0.3 is 9.74 Å². The lowest BCUT2D eigenvalue weighted by Gasteiger charge is -2.30. The molecule has 3 amide bonds. The zero-order valence-electron chi connectivity index (χ0n) is 13.5. The summed E-state index contributed by atoms with van der Waals surface area (Å²) in [5.41, 5.74) is 0. The molecule has 0 unspecified atom stereocenters. The molecule has 0 saturated carbocycles. The summed E-state index contributed by atoms with van der Waals surface area (Å²) in [5, 5.41) is 0.466. The van der Waals surface area contributed by atoms with Crippen LogP contribution in [-0.2, 0) is 24.0 Å². The molecule has 124 valence electrons. The van der Waals surface area contributed by atoms with Gasteiger partial charge in [0.05, 0.1) is 0 Å². The first-order valence-electron chi connectivity index (χ1n) is 7.81. The summed E-state index contributed by atoms with van der Waals surface area (Å²) in [6, 6.07) is 0. The van der Waals surface area contributed by atoms with Gasteiger partial charge in [0.1, 0.15) is 6.42 Å². The van der Waals surface area contributed by atoms with Gasteiger partial charge in [0.2, 0.25) is 5.91 Å². The van der Waals surface area contributed by atoms with E-state index in [1.54, 1.807) is 4.90 Å². The summed E-state index contributed by atoms with van der Waals surface area (Å²) >= 11 is 0. The predicted octanol–water partition coefficient (Wildman–Crippen LogP) is 1.27. The predicted molar refractivity (Wildman–Crippen MR) is 78.1 cm³/mol. The van der Waals surface area contributed by atoms with Crippen LogP contribution in [0.15, 0.2) is 0 Å². The molecular weight excluding hydrogens is 288 g/mol. The fourth-order valence-electron chi connectivity index (χ4n) is 2.29. The van der Waals surface area contributed by atoms with E-state index in [0.29, 0.717) is 24.1 Å². The van der Waals surface area contributed by atoms with Gasteiger partial charge in [0.15, 0.2) is 0 Å². The Morgan fingerprint density at radius 2 is 1.59 bits per heavy atom. The van der Waals surface area contributed by atoms with Crippen molar-refractivity contribution in [3.05, 3.63) is 0 Å². The molecule has 0 spiro atoms. The molecule has 0 aliphatic carbocycles. The van der Waals surface area contributed by atoms with Gasteiger partial charge >= 0.3 is 5.97 Å². The topological polar surface area (TPSA) is 84.0 Å². The average Bonchev–Trinajstić information content (AvgIpc) is 2.81. The minimum atomic E-state index is -0.864. The Morgan fingerprint density at radius 1 is 1.09 bits per heavy atom. The molecule has 2 saturated heterocycles. The minimum Gasteiger partial charge on any atom is -0.342 e. The molecule has 0 radical (unpaired) electrons. The van der Waals surface area contributed by atoms with Crippen molar-refractivity contribution in [1.29, 1.82) is 0 Å². The van der Waals surface area contributed by atoms with Crippen molar-refractivity contribution in [3.8, 4) is 0 Å². The van der Waals surface area contributed by atoms with Crippen molar-refractivity contribution in [3.63, 3.8) is 0 Å². The molecule has 2 fully saturated rings. The molecule has 22 heavy (non-hydrogen) atoms. The number of piperidine rings is 1. The Balaban J connectivity index is 0.00000116. The first-order chi connectivity index (χ1) is 10.5. The van der Waals surface area contributed by atoms with Crippen molar-refractivity contribution in [2.75, 3.05) is 13.1 Å². The number of amides is 3. The Hall–Kier alpha value is -1.92. The van der Waals surface area contributed by atoms with E-state index in [2.05, 4.69) is 11.8 Å². The third kappa shape index (κ3) is 4.82. The molecule has 0 aromatic heterocycles. The molecule has 0 atom stereocenters. The lowest BCUT2D eigenvalue weighted by atomic mass is 9.99. The highest BCUT2D eigenvalue weighted by atomic mass is 16.7. The number of likely N-dealkylation sites (tertiary alicyclic amines) is 1. The SMILES string of the molecule is CC.CC1CCN(C(=O)CC(=O)ON2C(=O)CCC2=O)CC1. The fraction of sp³-hybridized carbons (Fsp3) is 0.733. The molecule has 0 bridgehead atoms. The standard InChI is InChI=1S/C13H18N2O5.C2H6/c1-9-4-6-14(7-5-9)12(18)8-13(19)20-15-10(16)2-3-11(15)17;1-2/h9H,2-8H2,1H3;1-2H3. The van der Waals surface area contributed by atoms with Crippen LogP contribution in [0.1, 0.15) is 52.9 Å². The third-order valence-corrected chi connectivity index (χ3v) is 3.63. The monoisotopic (exact) mass is 312 g/mol. The Bertz CT molecular complexity index is 425. The van der Waals surface area contributed by atoms with E-state index in [1.165, 1.54) is 0 Å². The number of rotatable bonds is 3. The van der Waals surface area contributed by atoms with E-state index in [9.17, 15) is 19.2 Å². The Labute approximate surface area is 130 Å². The zero-order valence-corrected chi connectivity index (χ0v) is 13.5. The molecule has 2 rings (SSSR count). The summed E-state index contributed by atoms with van der Waals surface area (Å²) in [7, 11) is 0. The summed E-state index contributed by atoms with van der Waals surface area (Å²) in [4.78, 5) is 52.3. The number of hydroxylamine groups is 2. The molecule has 2 aliphatic heterocycles. The lowest BCUT2D eigenvalue weighted by molar-refractivity contribution is -0.198. The largest absolute Gasteiger partial charge is 0.342 e. The van der Waals surface area contributed by atoms with Crippen molar-refractivity contribution in [2.45, 2.75) is 52.9 Å². The molecular formula is C15H24N2O5. The molecule has 7 heteroatoms. The van der Waals surface area contributed by atoms with E-state index in [1.807, 2.05) is 13.8 Å². The highest BCUT2D eigenvalue weighted by molar-refractivity contribution is 6.02. The number of imide groups is 1. The van der Waals surface area contributed by atoms with E-state index < -0.39 is 24.2 Å². The Morgan fingerprint density at radius 3 is 2.09 bits per heavy atom. The summed E-state index contributed by atoms with van der Waals surface area (Å²) in [6.45, 7) is 7.39. The van der Waals surface area contributed by atoms with E-state index in [4.69, 9.17) is 0 Å². The van der Waals surface area contributed by atoms with Crippen LogP contribution in [0.2, 0.25) is 0 Å². The van der Waals surface area contributed by atoms with Crippen molar-refractivity contribution < 1.29 is 24.0 Å². The molecule has 0 aromatic rings. The van der Waals surface area contributed by atoms with Crippen LogP contribution in [-0.4, -0.2) is 46.7 Å². The van der Waals surface area contributed by atoms with Gasteiger partial charge in [-0.2, -0.15) is 0 Å². The maximum absolute atomic E-state index is 11.9. The van der Waals surface area contributed by atoms with Crippen molar-refractivity contribution in [2.24, 2.45) is 5.92 Å². The second-order valence-corrected chi connectivity index (χ2v) is 5.29. The van der Waals surface area contributed by atoms with Crippen LogP contribution < -0.4 is 0 Å². The smallest absolute Gasteiger partial charge is 0.342 e. The first kappa shape index (κ1) is 18.1. The van der Waals surface area contributed by atoms with Gasteiger partial charge in [-0.05, 0) is 18.8 Å². The minimum absolute atomic E-state index is 0.0457. The maximum Gasteiger partial charge on any atom is 0.342 e. The Kier molecular flexibility index (Phi) is 7.01. The van der Waals surface area contributed by atoms with Crippen molar-refractivity contribution in [1.82, 2.24) is 9.96 Å². The van der Waals surface area contributed by atoms with Gasteiger partial charge in [-0.1, -0.05) is 20.8 Å². The normalized spacial score (nSPS) is 18.9. The number of hydrogen-bond donors (Lipinski definition) is 0. The average molecular weight is 312 g/mol. The van der Waals surface area contributed by atoms with Crippen LogP contribution in [0.5, 0.6) is 0 Å². The quantitative estimate of drug-likeness (QED) is 0.579.